The lowest BCUT2D eigenvalue weighted by atomic mass is 10.2. The molecule has 4 heteroatoms. The van der Waals surface area contributed by atoms with E-state index >= 15 is 0 Å². The molecule has 0 bridgehead atoms. The maximum absolute atomic E-state index is 8.00. The first-order chi connectivity index (χ1) is 2.39. The summed E-state index contributed by atoms with van der Waals surface area (Å²) in [5.41, 5.74) is 0. The third-order valence-electron chi connectivity index (χ3n) is 0.421. The summed E-state index contributed by atoms with van der Waals surface area (Å²) in [5.74, 6) is 0. The third-order valence-corrected chi connectivity index (χ3v) is 0.421. The van der Waals surface area contributed by atoms with Crippen LogP contribution >= 0.6 is 0 Å². The van der Waals surface area contributed by atoms with E-state index in [0.29, 0.717) is 0 Å². The monoisotopic (exact) mass is 74.0 g/mol. The van der Waals surface area contributed by atoms with Gasteiger partial charge in [0.15, 0.2) is 0 Å². The Morgan fingerprint density at radius 2 is 2.00 bits per heavy atom. The average Bonchev–Trinajstić information content (AvgIpc) is 1.30. The van der Waals surface area contributed by atoms with Crippen LogP contribution in [0.1, 0.15) is 0 Å². The van der Waals surface area contributed by atoms with E-state index in [4.69, 9.17) is 5.02 Å². The first-order valence-corrected chi connectivity index (χ1v) is 1.31. The molecule has 1 aliphatic heterocycles. The molecular weight excluding hydrogens is 70.8 g/mol. The van der Waals surface area contributed by atoms with Crippen molar-refractivity contribution >= 4 is 7.32 Å². The number of rotatable bonds is 0. The summed E-state index contributed by atoms with van der Waals surface area (Å²) >= 11 is 0. The summed E-state index contributed by atoms with van der Waals surface area (Å²) in [6.45, 7) is 0.237. The predicted molar refractivity (Wildman–Crippen MR) is 15.0 cm³/mol. The van der Waals surface area contributed by atoms with E-state index in [1.54, 1.807) is 0 Å². The van der Waals surface area contributed by atoms with Crippen molar-refractivity contribution in [2.24, 2.45) is 0 Å². The van der Waals surface area contributed by atoms with Crippen LogP contribution < -0.4 is 0 Å². The van der Waals surface area contributed by atoms with Crippen LogP contribution in [0.2, 0.25) is 0 Å². The van der Waals surface area contributed by atoms with E-state index in [1.807, 2.05) is 0 Å². The molecule has 28 valence electrons. The highest BCUT2D eigenvalue weighted by molar-refractivity contribution is 6.36. The maximum Gasteiger partial charge on any atom is 0.640 e. The van der Waals surface area contributed by atoms with Gasteiger partial charge in [-0.2, -0.15) is 0 Å². The number of hydrogen-bond donors (Lipinski definition) is 1. The molecule has 1 saturated heterocycles. The summed E-state index contributed by atoms with van der Waals surface area (Å²) < 4.78 is 8.53. The molecule has 0 aliphatic carbocycles. The molecule has 0 aromatic heterocycles. The summed E-state index contributed by atoms with van der Waals surface area (Å²) in [6, 6.07) is 0. The molecule has 0 amide bonds. The Morgan fingerprint density at radius 1 is 1.60 bits per heavy atom. The van der Waals surface area contributed by atoms with Crippen molar-refractivity contribution in [2.75, 3.05) is 6.79 Å². The molecule has 1 fully saturated rings. The molecule has 1 N–H and O–H groups in total. The summed E-state index contributed by atoms with van der Waals surface area (Å²) in [6.07, 6.45) is 0. The Labute approximate surface area is 29.7 Å². The van der Waals surface area contributed by atoms with E-state index in [9.17, 15) is 0 Å². The Hall–Kier alpha value is -0.0551. The van der Waals surface area contributed by atoms with Crippen LogP contribution in [0.15, 0.2) is 0 Å². The minimum atomic E-state index is -0.935. The average molecular weight is 73.8 g/mol. The van der Waals surface area contributed by atoms with Crippen molar-refractivity contribution in [1.82, 2.24) is 0 Å². The first kappa shape index (κ1) is 3.15. The molecule has 5 heavy (non-hydrogen) atoms. The Bertz CT molecular complexity index is 33.9. The molecule has 0 aromatic carbocycles. The largest absolute Gasteiger partial charge is 0.640 e. The highest BCUT2D eigenvalue weighted by Crippen LogP contribution is 1.94. The Balaban J connectivity index is 2.08. The lowest BCUT2D eigenvalue weighted by molar-refractivity contribution is -0.0540. The normalized spacial score (nSPS) is 22.2. The fraction of sp³-hybridized carbons (Fsp3) is 1.00. The zero-order valence-corrected chi connectivity index (χ0v) is 2.55. The molecule has 1 rings (SSSR count). The number of hydrogen-bond acceptors (Lipinski definition) is 3. The molecule has 1 aliphatic rings. The lowest BCUT2D eigenvalue weighted by Gasteiger charge is -2.15. The highest BCUT2D eigenvalue weighted by atomic mass is 16.8. The van der Waals surface area contributed by atoms with E-state index in [0.717, 1.165) is 0 Å². The molecule has 0 spiro atoms. The standard InChI is InChI=1S/CH3BO3/c3-2-4-1-5-2/h3H,1H2. The molecule has 0 saturated carbocycles. The van der Waals surface area contributed by atoms with Crippen molar-refractivity contribution in [3.05, 3.63) is 0 Å². The van der Waals surface area contributed by atoms with Crippen LogP contribution in [0.4, 0.5) is 0 Å². The van der Waals surface area contributed by atoms with Gasteiger partial charge in [-0.15, -0.1) is 0 Å². The van der Waals surface area contributed by atoms with Crippen LogP contribution in [0.3, 0.4) is 0 Å². The van der Waals surface area contributed by atoms with Crippen molar-refractivity contribution in [3.63, 3.8) is 0 Å². The van der Waals surface area contributed by atoms with Crippen LogP contribution in [0.25, 0.3) is 0 Å². The van der Waals surface area contributed by atoms with Gasteiger partial charge in [-0.3, -0.25) is 0 Å². The minimum absolute atomic E-state index is 0.237. The smallest absolute Gasteiger partial charge is 0.401 e. The second-order valence-electron chi connectivity index (χ2n) is 0.758. The van der Waals surface area contributed by atoms with Crippen molar-refractivity contribution in [2.45, 2.75) is 0 Å². The summed E-state index contributed by atoms with van der Waals surface area (Å²) in [7, 11) is -0.935. The van der Waals surface area contributed by atoms with Crippen LogP contribution in [-0.2, 0) is 9.31 Å². The first-order valence-electron chi connectivity index (χ1n) is 1.31. The van der Waals surface area contributed by atoms with E-state index in [-0.39, 0.29) is 6.79 Å². The minimum Gasteiger partial charge on any atom is -0.401 e. The van der Waals surface area contributed by atoms with Gasteiger partial charge in [-0.05, 0) is 0 Å². The maximum atomic E-state index is 8.00. The SMILES string of the molecule is OB1OCO1. The zero-order valence-electron chi connectivity index (χ0n) is 2.55. The second kappa shape index (κ2) is 0.968. The molecule has 0 aromatic rings. The van der Waals surface area contributed by atoms with Crippen molar-refractivity contribution in [3.8, 4) is 0 Å². The predicted octanol–water partition coefficient (Wildman–Crippen LogP) is -1.03. The molecule has 1 heterocycles. The van der Waals surface area contributed by atoms with Gasteiger partial charge in [0.25, 0.3) is 0 Å². The van der Waals surface area contributed by atoms with Crippen molar-refractivity contribution < 1.29 is 14.3 Å². The van der Waals surface area contributed by atoms with Crippen LogP contribution in [0.5, 0.6) is 0 Å². The van der Waals surface area contributed by atoms with Gasteiger partial charge in [-0.1, -0.05) is 0 Å². The van der Waals surface area contributed by atoms with Crippen LogP contribution in [-0.4, -0.2) is 19.1 Å². The highest BCUT2D eigenvalue weighted by Gasteiger charge is 2.23. The fourth-order valence-corrected chi connectivity index (χ4v) is 0.129. The Morgan fingerprint density at radius 3 is 2.00 bits per heavy atom. The fourth-order valence-electron chi connectivity index (χ4n) is 0.129. The van der Waals surface area contributed by atoms with Crippen molar-refractivity contribution in [1.29, 1.82) is 0 Å². The Kier molecular flexibility index (Phi) is 0.609. The van der Waals surface area contributed by atoms with E-state index in [1.165, 1.54) is 0 Å². The molecule has 0 radical (unpaired) electrons. The molecule has 0 atom stereocenters. The van der Waals surface area contributed by atoms with Gasteiger partial charge in [0.1, 0.15) is 6.79 Å². The topological polar surface area (TPSA) is 38.7 Å². The summed E-state index contributed by atoms with van der Waals surface area (Å²) in [5, 5.41) is 8.00. The molecule has 0 unspecified atom stereocenters. The van der Waals surface area contributed by atoms with Gasteiger partial charge >= 0.3 is 7.32 Å². The van der Waals surface area contributed by atoms with E-state index in [2.05, 4.69) is 9.31 Å². The van der Waals surface area contributed by atoms with Gasteiger partial charge in [0.2, 0.25) is 0 Å². The summed E-state index contributed by atoms with van der Waals surface area (Å²) in [4.78, 5) is 0. The van der Waals surface area contributed by atoms with Gasteiger partial charge in [0, 0.05) is 0 Å². The zero-order chi connectivity index (χ0) is 3.70. The molecular formula is CH3BO3. The van der Waals surface area contributed by atoms with Gasteiger partial charge in [0.05, 0.1) is 0 Å². The molecule has 3 nitrogen and oxygen atoms in total. The van der Waals surface area contributed by atoms with Gasteiger partial charge in [-0.25, -0.2) is 0 Å². The van der Waals surface area contributed by atoms with Gasteiger partial charge < -0.3 is 14.3 Å². The quantitative estimate of drug-likeness (QED) is 0.373. The third kappa shape index (κ3) is 0.422. The van der Waals surface area contributed by atoms with Crippen LogP contribution in [0, 0.1) is 0 Å². The second-order valence-corrected chi connectivity index (χ2v) is 0.758. The lowest BCUT2D eigenvalue weighted by Crippen LogP contribution is -2.35. The van der Waals surface area contributed by atoms with E-state index < -0.39 is 7.32 Å².